The number of piperidine rings is 1. The van der Waals surface area contributed by atoms with Crippen LogP contribution in [-0.4, -0.2) is 35.2 Å². The predicted molar refractivity (Wildman–Crippen MR) is 64.9 cm³/mol. The molecule has 2 nitrogen and oxygen atoms in total. The first-order chi connectivity index (χ1) is 7.13. The van der Waals surface area contributed by atoms with E-state index in [-0.39, 0.29) is 0 Å². The van der Waals surface area contributed by atoms with Crippen molar-refractivity contribution in [1.29, 1.82) is 0 Å². The van der Waals surface area contributed by atoms with E-state index in [1.165, 1.54) is 12.8 Å². The number of nitrogens with zero attached hydrogens (tertiary/aromatic N) is 1. The van der Waals surface area contributed by atoms with E-state index in [4.69, 9.17) is 0 Å². The van der Waals surface area contributed by atoms with Gasteiger partial charge >= 0.3 is 0 Å². The van der Waals surface area contributed by atoms with E-state index < -0.39 is 5.60 Å². The third-order valence-electron chi connectivity index (χ3n) is 3.80. The molecule has 0 amide bonds. The summed E-state index contributed by atoms with van der Waals surface area (Å²) in [6.07, 6.45) is 6.18. The van der Waals surface area contributed by atoms with Crippen LogP contribution >= 0.6 is 0 Å². The highest BCUT2D eigenvalue weighted by Crippen LogP contribution is 2.22. The number of likely N-dealkylation sites (tertiary alicyclic amines) is 1. The van der Waals surface area contributed by atoms with Gasteiger partial charge in [-0.1, -0.05) is 19.9 Å². The first kappa shape index (κ1) is 12.7. The fraction of sp³-hybridized carbons (Fsp3) is 0.846. The highest BCUT2D eigenvalue weighted by Gasteiger charge is 2.27. The highest BCUT2D eigenvalue weighted by atomic mass is 16.3. The summed E-state index contributed by atoms with van der Waals surface area (Å²) in [6, 6.07) is 0. The van der Waals surface area contributed by atoms with Crippen molar-refractivity contribution in [3.63, 3.8) is 0 Å². The van der Waals surface area contributed by atoms with Crippen LogP contribution in [-0.2, 0) is 0 Å². The maximum atomic E-state index is 10.2. The second-order valence-electron chi connectivity index (χ2n) is 4.78. The van der Waals surface area contributed by atoms with Crippen LogP contribution in [0.5, 0.6) is 0 Å². The van der Waals surface area contributed by atoms with Gasteiger partial charge in [-0.05, 0) is 44.7 Å². The SMILES string of the molecule is C=CC1CCN(CC(O)(CC)CC)CC1. The van der Waals surface area contributed by atoms with Crippen LogP contribution in [0.4, 0.5) is 0 Å². The Labute approximate surface area is 94.0 Å². The van der Waals surface area contributed by atoms with Crippen molar-refractivity contribution in [3.05, 3.63) is 12.7 Å². The van der Waals surface area contributed by atoms with E-state index in [9.17, 15) is 5.11 Å². The molecule has 1 aliphatic rings. The lowest BCUT2D eigenvalue weighted by Gasteiger charge is -2.36. The lowest BCUT2D eigenvalue weighted by atomic mass is 9.93. The molecule has 0 aromatic rings. The normalized spacial score (nSPS) is 20.5. The molecule has 88 valence electrons. The summed E-state index contributed by atoms with van der Waals surface area (Å²) in [6.45, 7) is 11.0. The molecule has 0 aliphatic carbocycles. The van der Waals surface area contributed by atoms with Crippen LogP contribution in [0, 0.1) is 5.92 Å². The van der Waals surface area contributed by atoms with E-state index in [2.05, 4.69) is 31.4 Å². The molecule has 1 fully saturated rings. The second kappa shape index (κ2) is 5.66. The molecule has 1 rings (SSSR count). The van der Waals surface area contributed by atoms with Gasteiger partial charge in [-0.3, -0.25) is 0 Å². The standard InChI is InChI=1S/C13H25NO/c1-4-12-7-9-14(10-8-12)11-13(15,5-2)6-3/h4,12,15H,1,5-11H2,2-3H3. The summed E-state index contributed by atoms with van der Waals surface area (Å²) < 4.78 is 0. The van der Waals surface area contributed by atoms with Gasteiger partial charge in [-0.15, -0.1) is 6.58 Å². The molecule has 0 bridgehead atoms. The Bertz CT molecular complexity index is 191. The molecule has 0 atom stereocenters. The van der Waals surface area contributed by atoms with Crippen LogP contribution in [0.3, 0.4) is 0 Å². The molecule has 15 heavy (non-hydrogen) atoms. The summed E-state index contributed by atoms with van der Waals surface area (Å²) in [5.41, 5.74) is -0.471. The fourth-order valence-corrected chi connectivity index (χ4v) is 2.24. The summed E-state index contributed by atoms with van der Waals surface area (Å²) in [5, 5.41) is 10.2. The zero-order chi connectivity index (χ0) is 11.3. The smallest absolute Gasteiger partial charge is 0.0768 e. The summed E-state index contributed by atoms with van der Waals surface area (Å²) in [4.78, 5) is 2.40. The number of hydrogen-bond acceptors (Lipinski definition) is 2. The summed E-state index contributed by atoms with van der Waals surface area (Å²) in [5.74, 6) is 0.692. The molecule has 0 aromatic carbocycles. The molecule has 0 spiro atoms. The van der Waals surface area contributed by atoms with Crippen LogP contribution in [0.2, 0.25) is 0 Å². The van der Waals surface area contributed by atoms with Gasteiger partial charge in [0.1, 0.15) is 0 Å². The van der Waals surface area contributed by atoms with Gasteiger partial charge in [0.2, 0.25) is 0 Å². The van der Waals surface area contributed by atoms with Crippen LogP contribution in [0.25, 0.3) is 0 Å². The molecule has 1 heterocycles. The summed E-state index contributed by atoms with van der Waals surface area (Å²) in [7, 11) is 0. The highest BCUT2D eigenvalue weighted by molar-refractivity contribution is 4.87. The van der Waals surface area contributed by atoms with E-state index >= 15 is 0 Å². The van der Waals surface area contributed by atoms with Gasteiger partial charge in [-0.25, -0.2) is 0 Å². The molecule has 0 unspecified atom stereocenters. The fourth-order valence-electron chi connectivity index (χ4n) is 2.24. The van der Waals surface area contributed by atoms with Crippen molar-refractivity contribution in [2.75, 3.05) is 19.6 Å². The zero-order valence-electron chi connectivity index (χ0n) is 10.2. The molecular formula is C13H25NO. The van der Waals surface area contributed by atoms with Crippen molar-refractivity contribution in [3.8, 4) is 0 Å². The predicted octanol–water partition coefficient (Wildman–Crippen LogP) is 2.44. The molecule has 1 aliphatic heterocycles. The van der Waals surface area contributed by atoms with Gasteiger partial charge in [-0.2, -0.15) is 0 Å². The minimum atomic E-state index is -0.471. The van der Waals surface area contributed by atoms with Crippen LogP contribution < -0.4 is 0 Å². The van der Waals surface area contributed by atoms with Crippen molar-refractivity contribution >= 4 is 0 Å². The van der Waals surface area contributed by atoms with Gasteiger partial charge in [0.25, 0.3) is 0 Å². The maximum absolute atomic E-state index is 10.2. The van der Waals surface area contributed by atoms with Crippen molar-refractivity contribution in [2.45, 2.75) is 45.1 Å². The minimum Gasteiger partial charge on any atom is -0.389 e. The minimum absolute atomic E-state index is 0.471. The van der Waals surface area contributed by atoms with Gasteiger partial charge in [0.15, 0.2) is 0 Å². The number of allylic oxidation sites excluding steroid dienone is 1. The van der Waals surface area contributed by atoms with Gasteiger partial charge in [0.05, 0.1) is 5.60 Å². The molecule has 2 heteroatoms. The molecule has 0 aromatic heterocycles. The van der Waals surface area contributed by atoms with E-state index in [1.807, 2.05) is 0 Å². The van der Waals surface area contributed by atoms with Crippen LogP contribution in [0.1, 0.15) is 39.5 Å². The summed E-state index contributed by atoms with van der Waals surface area (Å²) >= 11 is 0. The topological polar surface area (TPSA) is 23.5 Å². The van der Waals surface area contributed by atoms with Crippen molar-refractivity contribution < 1.29 is 5.11 Å². The first-order valence-electron chi connectivity index (χ1n) is 6.21. The number of rotatable bonds is 5. The maximum Gasteiger partial charge on any atom is 0.0768 e. The Kier molecular flexibility index (Phi) is 4.81. The van der Waals surface area contributed by atoms with Crippen molar-refractivity contribution in [2.24, 2.45) is 5.92 Å². The average molecular weight is 211 g/mol. The third kappa shape index (κ3) is 3.62. The molecule has 0 saturated carbocycles. The zero-order valence-corrected chi connectivity index (χ0v) is 10.2. The van der Waals surface area contributed by atoms with Gasteiger partial charge < -0.3 is 10.0 Å². The molecule has 0 radical (unpaired) electrons. The lowest BCUT2D eigenvalue weighted by molar-refractivity contribution is -0.00994. The van der Waals surface area contributed by atoms with E-state index in [1.54, 1.807) is 0 Å². The number of β-amino-alcohol motifs (C(OH)–C–C–N with tert-alkyl or cyclic N) is 1. The van der Waals surface area contributed by atoms with E-state index in [0.717, 1.165) is 32.5 Å². The Morgan fingerprint density at radius 2 is 1.87 bits per heavy atom. The molecular weight excluding hydrogens is 186 g/mol. The monoisotopic (exact) mass is 211 g/mol. The Hall–Kier alpha value is -0.340. The largest absolute Gasteiger partial charge is 0.389 e. The first-order valence-corrected chi connectivity index (χ1v) is 6.21. The molecule has 1 saturated heterocycles. The van der Waals surface area contributed by atoms with Crippen LogP contribution in [0.15, 0.2) is 12.7 Å². The Morgan fingerprint density at radius 1 is 1.33 bits per heavy atom. The lowest BCUT2D eigenvalue weighted by Crippen LogP contribution is -2.45. The second-order valence-corrected chi connectivity index (χ2v) is 4.78. The Balaban J connectivity index is 2.37. The quantitative estimate of drug-likeness (QED) is 0.706. The Morgan fingerprint density at radius 3 is 2.27 bits per heavy atom. The third-order valence-corrected chi connectivity index (χ3v) is 3.80. The van der Waals surface area contributed by atoms with Gasteiger partial charge in [0, 0.05) is 6.54 Å². The number of aliphatic hydroxyl groups is 1. The number of hydrogen-bond donors (Lipinski definition) is 1. The van der Waals surface area contributed by atoms with E-state index in [0.29, 0.717) is 5.92 Å². The average Bonchev–Trinajstić information content (AvgIpc) is 2.30. The van der Waals surface area contributed by atoms with Crippen molar-refractivity contribution in [1.82, 2.24) is 4.90 Å². The molecule has 1 N–H and O–H groups in total.